The molecule has 0 bridgehead atoms. The van der Waals surface area contributed by atoms with E-state index < -0.39 is 64.7 Å². The van der Waals surface area contributed by atoms with Crippen molar-refractivity contribution in [3.8, 4) is 0 Å². The van der Waals surface area contributed by atoms with Crippen LogP contribution >= 0.6 is 47.0 Å². The molecule has 0 spiro atoms. The molecule has 0 aromatic carbocycles. The van der Waals surface area contributed by atoms with Crippen molar-refractivity contribution in [1.29, 1.82) is 0 Å². The van der Waals surface area contributed by atoms with Crippen molar-refractivity contribution in [2.24, 2.45) is 0 Å². The second-order valence-electron chi connectivity index (χ2n) is 5.84. The van der Waals surface area contributed by atoms with Crippen LogP contribution in [0, 0.1) is 0 Å². The zero-order valence-corrected chi connectivity index (χ0v) is 26.0. The minimum atomic E-state index is -0.554. The second kappa shape index (κ2) is 13.0. The number of allylic oxidation sites excluding steroid dienone is 2. The SMILES string of the molecule is COC(=O)C1=C(C(=O)OC)SC(=CC=c2[te]c(=CC=C3SC(C(=O)OC)=C(C(=O)OC)S3)[te]2)S1. The molecule has 0 atom stereocenters. The molecule has 8 nitrogen and oxygen atoms in total. The van der Waals surface area contributed by atoms with Gasteiger partial charge in [-0.2, -0.15) is 0 Å². The first-order chi connectivity index (χ1) is 16.3. The molecule has 1 aromatic heterocycles. The molecule has 0 amide bonds. The number of thioether (sulfide) groups is 4. The summed E-state index contributed by atoms with van der Waals surface area (Å²) in [7, 11) is 5.10. The van der Waals surface area contributed by atoms with Crippen LogP contribution in [0.25, 0.3) is 12.2 Å². The van der Waals surface area contributed by atoms with Crippen LogP contribution < -0.4 is 2.50 Å². The summed E-state index contributed by atoms with van der Waals surface area (Å²) in [6.07, 6.45) is 8.05. The summed E-state index contributed by atoms with van der Waals surface area (Å²) in [5.74, 6) is -2.22. The Hall–Kier alpha value is -0.701. The summed E-state index contributed by atoms with van der Waals surface area (Å²) in [4.78, 5) is 48.8. The Labute approximate surface area is 231 Å². The predicted octanol–water partition coefficient (Wildman–Crippen LogP) is 1.12. The Morgan fingerprint density at radius 3 is 1.03 bits per heavy atom. The summed E-state index contributed by atoms with van der Waals surface area (Å²) in [5.41, 5.74) is 0. The van der Waals surface area contributed by atoms with Crippen molar-refractivity contribution in [3.05, 3.63) is 42.7 Å². The van der Waals surface area contributed by atoms with E-state index in [9.17, 15) is 19.2 Å². The van der Waals surface area contributed by atoms with E-state index in [1.54, 1.807) is 0 Å². The van der Waals surface area contributed by atoms with E-state index in [2.05, 4.69) is 12.2 Å². The molecular formula is C20H16O8S4Te2. The average Bonchev–Trinajstić information content (AvgIpc) is 3.45. The van der Waals surface area contributed by atoms with Gasteiger partial charge >= 0.3 is 233 Å². The predicted molar refractivity (Wildman–Crippen MR) is 137 cm³/mol. The molecule has 0 fully saturated rings. The van der Waals surface area contributed by atoms with Gasteiger partial charge in [-0.05, 0) is 0 Å². The third-order valence-corrected chi connectivity index (χ3v) is 19.0. The van der Waals surface area contributed by atoms with Gasteiger partial charge in [0.25, 0.3) is 0 Å². The van der Waals surface area contributed by atoms with Gasteiger partial charge in [0.05, 0.1) is 0 Å². The van der Waals surface area contributed by atoms with Gasteiger partial charge in [0.15, 0.2) is 0 Å². The maximum absolute atomic E-state index is 11.9. The maximum atomic E-state index is 11.9. The van der Waals surface area contributed by atoms with Crippen LogP contribution in [0.2, 0.25) is 0 Å². The van der Waals surface area contributed by atoms with Crippen LogP contribution in [-0.2, 0) is 38.1 Å². The summed E-state index contributed by atoms with van der Waals surface area (Å²) in [6, 6.07) is 0. The van der Waals surface area contributed by atoms with Crippen LogP contribution in [0.1, 0.15) is 0 Å². The normalized spacial score (nSPS) is 15.3. The molecule has 0 radical (unpaired) electrons. The van der Waals surface area contributed by atoms with Gasteiger partial charge in [-0.15, -0.1) is 0 Å². The molecule has 1 aromatic rings. The van der Waals surface area contributed by atoms with Gasteiger partial charge < -0.3 is 0 Å². The molecule has 0 unspecified atom stereocenters. The van der Waals surface area contributed by atoms with E-state index in [0.717, 1.165) is 8.47 Å². The molecule has 0 saturated carbocycles. The zero-order valence-electron chi connectivity index (χ0n) is 18.0. The Kier molecular flexibility index (Phi) is 10.7. The minimum absolute atomic E-state index is 0.246. The fourth-order valence-electron chi connectivity index (χ4n) is 2.29. The van der Waals surface area contributed by atoms with Gasteiger partial charge in [0.2, 0.25) is 0 Å². The van der Waals surface area contributed by atoms with E-state index in [-0.39, 0.29) is 19.6 Å². The van der Waals surface area contributed by atoms with Crippen molar-refractivity contribution in [2.75, 3.05) is 28.4 Å². The van der Waals surface area contributed by atoms with Crippen LogP contribution in [0.15, 0.2) is 40.2 Å². The monoisotopic (exact) mass is 772 g/mol. The molecule has 3 heterocycles. The van der Waals surface area contributed by atoms with Crippen LogP contribution in [0.4, 0.5) is 0 Å². The standard InChI is InChI=1S/C20H16O8S4Te2/c1-25-17(21)13-14(18(22)26-2)30-9(29-13)5-7-11-33-12(34-11)8-6-10-31-15(19(23)27-3)16(32-10)20(24)28-4/h5-8H,1-4H3. The molecule has 0 saturated heterocycles. The van der Waals surface area contributed by atoms with Crippen LogP contribution in [-0.4, -0.2) is 93.2 Å². The summed E-state index contributed by atoms with van der Waals surface area (Å²) >= 11 is 3.99. The van der Waals surface area contributed by atoms with E-state index in [0.29, 0.717) is 0 Å². The third kappa shape index (κ3) is 6.74. The van der Waals surface area contributed by atoms with E-state index in [4.69, 9.17) is 18.9 Å². The Morgan fingerprint density at radius 2 is 0.794 bits per heavy atom. The molecule has 0 aliphatic carbocycles. The molecule has 2 aliphatic heterocycles. The second-order valence-corrected chi connectivity index (χ2v) is 21.8. The fraction of sp³-hybridized carbons (Fsp3) is 0.200. The molecule has 34 heavy (non-hydrogen) atoms. The van der Waals surface area contributed by atoms with Crippen molar-refractivity contribution in [1.82, 2.24) is 0 Å². The van der Waals surface area contributed by atoms with Crippen LogP contribution in [0.3, 0.4) is 0 Å². The van der Waals surface area contributed by atoms with Crippen molar-refractivity contribution in [2.45, 2.75) is 0 Å². The first-order valence-corrected chi connectivity index (χ1v) is 17.0. The van der Waals surface area contributed by atoms with Crippen molar-refractivity contribution < 1.29 is 38.1 Å². The van der Waals surface area contributed by atoms with Gasteiger partial charge in [-0.1, -0.05) is 0 Å². The Bertz CT molecular complexity index is 1110. The Morgan fingerprint density at radius 1 is 0.529 bits per heavy atom. The molecule has 180 valence electrons. The van der Waals surface area contributed by atoms with Crippen LogP contribution in [0.5, 0.6) is 0 Å². The summed E-state index contributed by atoms with van der Waals surface area (Å²) < 4.78 is 23.6. The van der Waals surface area contributed by atoms with Crippen molar-refractivity contribution >= 4 is 124 Å². The number of methoxy groups -OCH3 is 4. The number of hydrogen-bond donors (Lipinski definition) is 0. The van der Waals surface area contributed by atoms with Gasteiger partial charge in [0, 0.05) is 0 Å². The van der Waals surface area contributed by atoms with Gasteiger partial charge in [-0.3, -0.25) is 0 Å². The van der Waals surface area contributed by atoms with Gasteiger partial charge in [-0.25, -0.2) is 0 Å². The number of hydrogen-bond acceptors (Lipinski definition) is 12. The average molecular weight is 768 g/mol. The molecule has 3 rings (SSSR count). The number of ether oxygens (including phenoxy) is 4. The number of carbonyl (C=O) groups excluding carboxylic acids is 4. The fourth-order valence-corrected chi connectivity index (χ4v) is 14.9. The third-order valence-electron chi connectivity index (χ3n) is 3.82. The quantitative estimate of drug-likeness (QED) is 0.236. The summed E-state index contributed by atoms with van der Waals surface area (Å²) in [6.45, 7) is 0. The zero-order chi connectivity index (χ0) is 24.8. The number of carbonyl (C=O) groups is 4. The molecule has 0 N–H and O–H groups in total. The van der Waals surface area contributed by atoms with E-state index in [1.165, 1.54) is 78.0 Å². The first-order valence-electron chi connectivity index (χ1n) is 9.04. The molecule has 2 aliphatic rings. The first kappa shape index (κ1) is 27.9. The Balaban J connectivity index is 1.70. The van der Waals surface area contributed by atoms with E-state index in [1.807, 2.05) is 12.2 Å². The molecule has 14 heteroatoms. The number of esters is 4. The van der Waals surface area contributed by atoms with Crippen molar-refractivity contribution in [3.63, 3.8) is 0 Å². The number of rotatable bonds is 6. The summed E-state index contributed by atoms with van der Waals surface area (Å²) in [5, 5.41) is 0. The van der Waals surface area contributed by atoms with Gasteiger partial charge in [0.1, 0.15) is 0 Å². The topological polar surface area (TPSA) is 105 Å². The van der Waals surface area contributed by atoms with E-state index >= 15 is 0 Å². The molecular weight excluding hydrogens is 752 g/mol.